The van der Waals surface area contributed by atoms with Crippen molar-refractivity contribution < 1.29 is 5.11 Å². The molecule has 1 aliphatic carbocycles. The minimum Gasteiger partial charge on any atom is -0.392 e. The van der Waals surface area contributed by atoms with Crippen molar-refractivity contribution >= 4 is 0 Å². The highest BCUT2D eigenvalue weighted by Gasteiger charge is 2.33. The third-order valence-electron chi connectivity index (χ3n) is 5.13. The Morgan fingerprint density at radius 1 is 1.15 bits per heavy atom. The van der Waals surface area contributed by atoms with Gasteiger partial charge in [0, 0.05) is 19.6 Å². The average molecular weight is 282 g/mol. The lowest BCUT2D eigenvalue weighted by Crippen LogP contribution is -2.48. The van der Waals surface area contributed by atoms with Crippen LogP contribution < -0.4 is 5.32 Å². The van der Waals surface area contributed by atoms with E-state index in [1.54, 1.807) is 0 Å². The molecule has 2 fully saturated rings. The van der Waals surface area contributed by atoms with Gasteiger partial charge in [-0.1, -0.05) is 32.6 Å². The number of aliphatic hydroxyl groups is 1. The Labute approximate surface area is 125 Å². The number of rotatable bonds is 6. The zero-order chi connectivity index (χ0) is 14.3. The zero-order valence-electron chi connectivity index (χ0n) is 13.4. The lowest BCUT2D eigenvalue weighted by atomic mass is 9.79. The minimum atomic E-state index is -0.0878. The Bertz CT molecular complexity index is 262. The van der Waals surface area contributed by atoms with Crippen molar-refractivity contribution in [2.24, 2.45) is 5.41 Å². The summed E-state index contributed by atoms with van der Waals surface area (Å²) < 4.78 is 0. The largest absolute Gasteiger partial charge is 0.392 e. The summed E-state index contributed by atoms with van der Waals surface area (Å²) >= 11 is 0. The molecule has 0 aromatic rings. The molecule has 0 amide bonds. The van der Waals surface area contributed by atoms with Gasteiger partial charge in [0.2, 0.25) is 0 Å². The van der Waals surface area contributed by atoms with E-state index < -0.39 is 0 Å². The highest BCUT2D eigenvalue weighted by molar-refractivity contribution is 4.88. The lowest BCUT2D eigenvalue weighted by Gasteiger charge is -2.41. The first-order valence-electron chi connectivity index (χ1n) is 8.85. The summed E-state index contributed by atoms with van der Waals surface area (Å²) in [7, 11) is 0. The third kappa shape index (κ3) is 5.01. The Morgan fingerprint density at radius 2 is 1.90 bits per heavy atom. The second kappa shape index (κ2) is 8.35. The fourth-order valence-electron chi connectivity index (χ4n) is 4.05. The molecule has 1 unspecified atom stereocenters. The first-order valence-corrected chi connectivity index (χ1v) is 8.85. The molecule has 2 rings (SSSR count). The molecule has 0 bridgehead atoms. The zero-order valence-corrected chi connectivity index (χ0v) is 13.4. The third-order valence-corrected chi connectivity index (χ3v) is 5.13. The molecular weight excluding hydrogens is 248 g/mol. The Balaban J connectivity index is 1.93. The van der Waals surface area contributed by atoms with Crippen molar-refractivity contribution in [2.75, 3.05) is 32.7 Å². The van der Waals surface area contributed by atoms with Gasteiger partial charge in [-0.2, -0.15) is 0 Å². The van der Waals surface area contributed by atoms with Gasteiger partial charge < -0.3 is 15.3 Å². The predicted molar refractivity (Wildman–Crippen MR) is 85.0 cm³/mol. The van der Waals surface area contributed by atoms with Crippen LogP contribution in [0.2, 0.25) is 0 Å². The topological polar surface area (TPSA) is 35.5 Å². The summed E-state index contributed by atoms with van der Waals surface area (Å²) in [6.45, 7) is 7.84. The summed E-state index contributed by atoms with van der Waals surface area (Å²) in [6.07, 6.45) is 11.7. The van der Waals surface area contributed by atoms with Crippen molar-refractivity contribution in [3.8, 4) is 0 Å². The van der Waals surface area contributed by atoms with Gasteiger partial charge in [-0.05, 0) is 50.6 Å². The van der Waals surface area contributed by atoms with E-state index in [9.17, 15) is 5.11 Å². The number of hydrogen-bond acceptors (Lipinski definition) is 3. The van der Waals surface area contributed by atoms with Crippen molar-refractivity contribution in [1.82, 2.24) is 10.2 Å². The van der Waals surface area contributed by atoms with Gasteiger partial charge in [0.15, 0.2) is 0 Å². The normalized spacial score (nSPS) is 28.2. The van der Waals surface area contributed by atoms with E-state index in [1.807, 2.05) is 0 Å². The van der Waals surface area contributed by atoms with E-state index in [2.05, 4.69) is 17.1 Å². The van der Waals surface area contributed by atoms with Crippen LogP contribution in [0.1, 0.15) is 64.7 Å². The molecule has 0 radical (unpaired) electrons. The standard InChI is InChI=1S/C17H34N2O/c1-2-11-18-14-17(9-5-3-4-6-10-17)15-19-12-7-8-16(20)13-19/h16,18,20H,2-15H2,1H3. The van der Waals surface area contributed by atoms with Gasteiger partial charge in [0.25, 0.3) is 0 Å². The van der Waals surface area contributed by atoms with Crippen molar-refractivity contribution in [1.29, 1.82) is 0 Å². The van der Waals surface area contributed by atoms with Crippen LogP contribution in [0.4, 0.5) is 0 Å². The van der Waals surface area contributed by atoms with Crippen LogP contribution in [0.3, 0.4) is 0 Å². The maximum atomic E-state index is 9.91. The summed E-state index contributed by atoms with van der Waals surface area (Å²) in [6, 6.07) is 0. The molecule has 1 aliphatic heterocycles. The molecule has 20 heavy (non-hydrogen) atoms. The highest BCUT2D eigenvalue weighted by atomic mass is 16.3. The van der Waals surface area contributed by atoms with E-state index in [0.29, 0.717) is 5.41 Å². The highest BCUT2D eigenvalue weighted by Crippen LogP contribution is 2.36. The Morgan fingerprint density at radius 3 is 2.55 bits per heavy atom. The molecule has 3 nitrogen and oxygen atoms in total. The summed E-state index contributed by atoms with van der Waals surface area (Å²) in [5, 5.41) is 13.6. The molecule has 0 aromatic carbocycles. The number of nitrogens with one attached hydrogen (secondary N) is 1. The molecule has 0 spiro atoms. The van der Waals surface area contributed by atoms with Gasteiger partial charge in [-0.3, -0.25) is 0 Å². The Kier molecular flexibility index (Phi) is 6.79. The first-order chi connectivity index (χ1) is 9.74. The van der Waals surface area contributed by atoms with E-state index in [1.165, 1.54) is 71.0 Å². The van der Waals surface area contributed by atoms with Crippen LogP contribution in [-0.2, 0) is 0 Å². The smallest absolute Gasteiger partial charge is 0.0667 e. The van der Waals surface area contributed by atoms with Crippen LogP contribution in [0.15, 0.2) is 0 Å². The maximum absolute atomic E-state index is 9.91. The molecule has 3 heteroatoms. The van der Waals surface area contributed by atoms with Crippen LogP contribution in [-0.4, -0.2) is 48.8 Å². The number of piperidine rings is 1. The van der Waals surface area contributed by atoms with E-state index >= 15 is 0 Å². The predicted octanol–water partition coefficient (Wildman–Crippen LogP) is 2.78. The van der Waals surface area contributed by atoms with Gasteiger partial charge in [0.1, 0.15) is 0 Å². The second-order valence-corrected chi connectivity index (χ2v) is 7.12. The van der Waals surface area contributed by atoms with E-state index in [-0.39, 0.29) is 6.10 Å². The van der Waals surface area contributed by atoms with Gasteiger partial charge in [-0.15, -0.1) is 0 Å². The number of nitrogens with zero attached hydrogens (tertiary/aromatic N) is 1. The second-order valence-electron chi connectivity index (χ2n) is 7.12. The quantitative estimate of drug-likeness (QED) is 0.581. The Hall–Kier alpha value is -0.120. The molecule has 0 aromatic heterocycles. The summed E-state index contributed by atoms with van der Waals surface area (Å²) in [4.78, 5) is 2.53. The van der Waals surface area contributed by atoms with Crippen molar-refractivity contribution in [3.63, 3.8) is 0 Å². The van der Waals surface area contributed by atoms with Gasteiger partial charge in [-0.25, -0.2) is 0 Å². The summed E-state index contributed by atoms with van der Waals surface area (Å²) in [5.41, 5.74) is 0.461. The van der Waals surface area contributed by atoms with Crippen molar-refractivity contribution in [2.45, 2.75) is 70.8 Å². The SMILES string of the molecule is CCCNCC1(CN2CCCC(O)C2)CCCCCC1. The average Bonchev–Trinajstić information content (AvgIpc) is 2.65. The van der Waals surface area contributed by atoms with Gasteiger partial charge in [0.05, 0.1) is 6.10 Å². The molecule has 1 heterocycles. The molecule has 1 saturated carbocycles. The van der Waals surface area contributed by atoms with E-state index in [4.69, 9.17) is 0 Å². The number of β-amino-alcohol motifs (C(OH)–C–C–N with tert-alkyl or cyclic N) is 1. The van der Waals surface area contributed by atoms with Crippen LogP contribution >= 0.6 is 0 Å². The van der Waals surface area contributed by atoms with Crippen molar-refractivity contribution in [3.05, 3.63) is 0 Å². The van der Waals surface area contributed by atoms with E-state index in [0.717, 1.165) is 19.5 Å². The number of aliphatic hydroxyl groups excluding tert-OH is 1. The molecular formula is C17H34N2O. The maximum Gasteiger partial charge on any atom is 0.0667 e. The fourth-order valence-corrected chi connectivity index (χ4v) is 4.05. The minimum absolute atomic E-state index is 0.0878. The number of likely N-dealkylation sites (tertiary alicyclic amines) is 1. The first kappa shape index (κ1) is 16.3. The summed E-state index contributed by atoms with van der Waals surface area (Å²) in [5.74, 6) is 0. The monoisotopic (exact) mass is 282 g/mol. The molecule has 2 aliphatic rings. The van der Waals surface area contributed by atoms with Gasteiger partial charge >= 0.3 is 0 Å². The molecule has 118 valence electrons. The molecule has 1 saturated heterocycles. The fraction of sp³-hybridized carbons (Fsp3) is 1.00. The number of hydrogen-bond donors (Lipinski definition) is 2. The van der Waals surface area contributed by atoms with Crippen LogP contribution in [0.25, 0.3) is 0 Å². The molecule has 1 atom stereocenters. The molecule has 2 N–H and O–H groups in total. The van der Waals surface area contributed by atoms with Crippen LogP contribution in [0, 0.1) is 5.41 Å². The van der Waals surface area contributed by atoms with Crippen LogP contribution in [0.5, 0.6) is 0 Å². The lowest BCUT2D eigenvalue weighted by molar-refractivity contribution is 0.0379.